The fraction of sp³-hybridized carbons (Fsp3) is 0.429. The second-order valence-corrected chi connectivity index (χ2v) is 4.41. The summed E-state index contributed by atoms with van der Waals surface area (Å²) in [5.74, 6) is 0.810. The molecule has 19 heavy (non-hydrogen) atoms. The Morgan fingerprint density at radius 1 is 1.42 bits per heavy atom. The Kier molecular flexibility index (Phi) is 4.52. The number of nitrogens with one attached hydrogen (secondary N) is 1. The largest absolute Gasteiger partial charge is 0.495 e. The lowest BCUT2D eigenvalue weighted by molar-refractivity contribution is 0.396. The quantitative estimate of drug-likeness (QED) is 0.859. The predicted octanol–water partition coefficient (Wildman–Crippen LogP) is 1.72. The van der Waals surface area contributed by atoms with E-state index >= 15 is 0 Å². The van der Waals surface area contributed by atoms with Crippen LogP contribution in [0.15, 0.2) is 30.7 Å². The Hall–Kier alpha value is -1.88. The number of methoxy groups -OCH3 is 1. The lowest BCUT2D eigenvalue weighted by Gasteiger charge is -2.19. The van der Waals surface area contributed by atoms with Gasteiger partial charge in [0.2, 0.25) is 0 Å². The molecule has 0 spiro atoms. The molecule has 0 saturated carbocycles. The first-order valence-corrected chi connectivity index (χ1v) is 6.44. The number of aromatic nitrogens is 3. The Bertz CT molecular complexity index is 524. The van der Waals surface area contributed by atoms with Crippen LogP contribution in [0.3, 0.4) is 0 Å². The van der Waals surface area contributed by atoms with Gasteiger partial charge in [0, 0.05) is 37.5 Å². The van der Waals surface area contributed by atoms with Crippen molar-refractivity contribution < 1.29 is 4.74 Å². The highest BCUT2D eigenvalue weighted by atomic mass is 16.5. The third-order valence-electron chi connectivity index (χ3n) is 3.04. The van der Waals surface area contributed by atoms with Gasteiger partial charge in [0.05, 0.1) is 19.0 Å². The molecule has 0 aromatic carbocycles. The van der Waals surface area contributed by atoms with E-state index in [9.17, 15) is 0 Å². The van der Waals surface area contributed by atoms with E-state index in [1.807, 2.05) is 30.1 Å². The number of nitrogens with zero attached hydrogens (tertiary/aromatic N) is 3. The summed E-state index contributed by atoms with van der Waals surface area (Å²) in [6.07, 6.45) is 6.33. The number of pyridine rings is 1. The van der Waals surface area contributed by atoms with Gasteiger partial charge in [-0.15, -0.1) is 0 Å². The summed E-state index contributed by atoms with van der Waals surface area (Å²) in [6.45, 7) is 2.99. The second-order valence-electron chi connectivity index (χ2n) is 4.41. The molecule has 0 radical (unpaired) electrons. The fourth-order valence-electron chi connectivity index (χ4n) is 2.17. The summed E-state index contributed by atoms with van der Waals surface area (Å²) >= 11 is 0. The number of hydrogen-bond acceptors (Lipinski definition) is 4. The van der Waals surface area contributed by atoms with Gasteiger partial charge >= 0.3 is 0 Å². The van der Waals surface area contributed by atoms with Crippen LogP contribution in [-0.2, 0) is 13.5 Å². The van der Waals surface area contributed by atoms with E-state index in [1.165, 1.54) is 0 Å². The van der Waals surface area contributed by atoms with Gasteiger partial charge in [-0.25, -0.2) is 0 Å². The third kappa shape index (κ3) is 3.32. The molecular weight excluding hydrogens is 240 g/mol. The molecule has 0 aliphatic carbocycles. The summed E-state index contributed by atoms with van der Waals surface area (Å²) < 4.78 is 7.21. The molecule has 1 atom stereocenters. The molecule has 2 aromatic heterocycles. The van der Waals surface area contributed by atoms with Gasteiger partial charge in [0.1, 0.15) is 5.75 Å². The van der Waals surface area contributed by atoms with Crippen molar-refractivity contribution in [2.45, 2.75) is 19.4 Å². The third-order valence-corrected chi connectivity index (χ3v) is 3.04. The van der Waals surface area contributed by atoms with Crippen LogP contribution in [0.5, 0.6) is 5.75 Å². The van der Waals surface area contributed by atoms with Gasteiger partial charge in [0.15, 0.2) is 0 Å². The van der Waals surface area contributed by atoms with E-state index in [4.69, 9.17) is 4.74 Å². The molecule has 1 unspecified atom stereocenters. The molecular formula is C14H20N4O. The molecule has 0 bridgehead atoms. The van der Waals surface area contributed by atoms with Crippen molar-refractivity contribution in [1.82, 2.24) is 20.1 Å². The number of aryl methyl sites for hydroxylation is 1. The monoisotopic (exact) mass is 260 g/mol. The maximum atomic E-state index is 5.39. The zero-order valence-corrected chi connectivity index (χ0v) is 11.6. The van der Waals surface area contributed by atoms with Crippen LogP contribution < -0.4 is 10.1 Å². The van der Waals surface area contributed by atoms with Gasteiger partial charge in [0.25, 0.3) is 0 Å². The first kappa shape index (κ1) is 13.5. The SMILES string of the molecule is CCNC(Cc1ccn(C)n1)c1ccncc1OC. The Balaban J connectivity index is 2.23. The molecule has 0 fully saturated rings. The maximum Gasteiger partial charge on any atom is 0.141 e. The summed E-state index contributed by atoms with van der Waals surface area (Å²) in [5, 5.41) is 7.91. The fourth-order valence-corrected chi connectivity index (χ4v) is 2.17. The van der Waals surface area contributed by atoms with Crippen molar-refractivity contribution in [2.75, 3.05) is 13.7 Å². The molecule has 0 amide bonds. The van der Waals surface area contributed by atoms with E-state index < -0.39 is 0 Å². The highest BCUT2D eigenvalue weighted by Crippen LogP contribution is 2.26. The molecule has 5 heteroatoms. The molecule has 1 N–H and O–H groups in total. The highest BCUT2D eigenvalue weighted by Gasteiger charge is 2.16. The Morgan fingerprint density at radius 2 is 2.26 bits per heavy atom. The molecule has 0 saturated heterocycles. The lowest BCUT2D eigenvalue weighted by atomic mass is 10.0. The summed E-state index contributed by atoms with van der Waals surface area (Å²) in [4.78, 5) is 4.10. The first-order chi connectivity index (χ1) is 9.24. The van der Waals surface area contributed by atoms with Crippen molar-refractivity contribution in [3.8, 4) is 5.75 Å². The first-order valence-electron chi connectivity index (χ1n) is 6.44. The zero-order valence-electron chi connectivity index (χ0n) is 11.6. The molecule has 0 aliphatic rings. The van der Waals surface area contributed by atoms with E-state index in [0.717, 1.165) is 30.0 Å². The molecule has 5 nitrogen and oxygen atoms in total. The second kappa shape index (κ2) is 6.33. The predicted molar refractivity (Wildman–Crippen MR) is 74.1 cm³/mol. The van der Waals surface area contributed by atoms with Crippen LogP contribution in [0.2, 0.25) is 0 Å². The van der Waals surface area contributed by atoms with Crippen LogP contribution in [0.4, 0.5) is 0 Å². The summed E-state index contributed by atoms with van der Waals surface area (Å²) in [5.41, 5.74) is 2.18. The number of rotatable bonds is 6. The van der Waals surface area contributed by atoms with Gasteiger partial charge in [-0.05, 0) is 18.7 Å². The average molecular weight is 260 g/mol. The van der Waals surface area contributed by atoms with Gasteiger partial charge in [-0.1, -0.05) is 6.92 Å². The maximum absolute atomic E-state index is 5.39. The minimum Gasteiger partial charge on any atom is -0.495 e. The van der Waals surface area contributed by atoms with E-state index in [2.05, 4.69) is 22.3 Å². The molecule has 102 valence electrons. The Labute approximate surface area is 113 Å². The Morgan fingerprint density at radius 3 is 2.89 bits per heavy atom. The minimum absolute atomic E-state index is 0.179. The number of hydrogen-bond donors (Lipinski definition) is 1. The van der Waals surface area contributed by atoms with Crippen LogP contribution in [0.25, 0.3) is 0 Å². The van der Waals surface area contributed by atoms with Gasteiger partial charge in [-0.2, -0.15) is 5.10 Å². The minimum atomic E-state index is 0.179. The van der Waals surface area contributed by atoms with E-state index in [0.29, 0.717) is 0 Å². The smallest absolute Gasteiger partial charge is 0.141 e. The molecule has 2 heterocycles. The van der Waals surface area contributed by atoms with Crippen LogP contribution in [0.1, 0.15) is 24.2 Å². The van der Waals surface area contributed by atoms with Crippen molar-refractivity contribution in [2.24, 2.45) is 7.05 Å². The summed E-state index contributed by atoms with van der Waals surface area (Å²) in [6, 6.07) is 4.21. The van der Waals surface area contributed by atoms with Crippen molar-refractivity contribution >= 4 is 0 Å². The summed E-state index contributed by atoms with van der Waals surface area (Å²) in [7, 11) is 3.60. The highest BCUT2D eigenvalue weighted by molar-refractivity contribution is 5.33. The lowest BCUT2D eigenvalue weighted by Crippen LogP contribution is -2.23. The zero-order chi connectivity index (χ0) is 13.7. The van der Waals surface area contributed by atoms with Crippen molar-refractivity contribution in [3.05, 3.63) is 42.0 Å². The standard InChI is InChI=1S/C14H20N4O/c1-4-16-13(9-11-6-8-18(2)17-11)12-5-7-15-10-14(12)19-3/h5-8,10,13,16H,4,9H2,1-3H3. The average Bonchev–Trinajstić information content (AvgIpc) is 2.84. The van der Waals surface area contributed by atoms with Crippen molar-refractivity contribution in [1.29, 1.82) is 0 Å². The van der Waals surface area contributed by atoms with Crippen LogP contribution >= 0.6 is 0 Å². The van der Waals surface area contributed by atoms with E-state index in [1.54, 1.807) is 19.5 Å². The number of likely N-dealkylation sites (N-methyl/N-ethyl adjacent to an activating group) is 1. The normalized spacial score (nSPS) is 12.4. The number of ether oxygens (including phenoxy) is 1. The van der Waals surface area contributed by atoms with Gasteiger partial charge < -0.3 is 10.1 Å². The molecule has 2 aromatic rings. The molecule has 0 aliphatic heterocycles. The van der Waals surface area contributed by atoms with Crippen LogP contribution in [0, 0.1) is 0 Å². The molecule has 2 rings (SSSR count). The van der Waals surface area contributed by atoms with Crippen LogP contribution in [-0.4, -0.2) is 28.4 Å². The van der Waals surface area contributed by atoms with Gasteiger partial charge in [-0.3, -0.25) is 9.67 Å². The van der Waals surface area contributed by atoms with E-state index in [-0.39, 0.29) is 6.04 Å². The topological polar surface area (TPSA) is 52.0 Å². The van der Waals surface area contributed by atoms with Crippen molar-refractivity contribution in [3.63, 3.8) is 0 Å².